The van der Waals surface area contributed by atoms with Crippen LogP contribution in [0.5, 0.6) is 0 Å². The van der Waals surface area contributed by atoms with Gasteiger partial charge in [-0.3, -0.25) is 0 Å². The molecule has 0 aromatic carbocycles. The van der Waals surface area contributed by atoms with Gasteiger partial charge in [-0.05, 0) is 25.1 Å². The fourth-order valence-corrected chi connectivity index (χ4v) is 2.08. The van der Waals surface area contributed by atoms with E-state index in [0.717, 1.165) is 18.7 Å². The molecule has 2 nitrogen and oxygen atoms in total. The maximum absolute atomic E-state index is 8.77. The summed E-state index contributed by atoms with van der Waals surface area (Å²) in [6, 6.07) is 0.497. The molecule has 0 aromatic rings. The quantitative estimate of drug-likeness (QED) is 0.570. The van der Waals surface area contributed by atoms with E-state index in [9.17, 15) is 0 Å². The van der Waals surface area contributed by atoms with E-state index >= 15 is 0 Å². The van der Waals surface area contributed by atoms with Gasteiger partial charge in [0, 0.05) is 18.4 Å². The minimum Gasteiger partial charge on any atom is -0.396 e. The molecule has 0 rings (SSSR count). The van der Waals surface area contributed by atoms with Crippen molar-refractivity contribution in [3.05, 3.63) is 0 Å². The van der Waals surface area contributed by atoms with Crippen LogP contribution < -0.4 is 5.32 Å². The lowest BCUT2D eigenvalue weighted by molar-refractivity contribution is 0.271. The Bertz CT molecular complexity index is 84.6. The smallest absolute Gasteiger partial charge is 0.0446 e. The minimum absolute atomic E-state index is 0.296. The van der Waals surface area contributed by atoms with Gasteiger partial charge >= 0.3 is 0 Å². The fourth-order valence-electron chi connectivity index (χ4n) is 1.06. The molecular weight excluding hydrogens is 170 g/mol. The molecule has 12 heavy (non-hydrogen) atoms. The summed E-state index contributed by atoms with van der Waals surface area (Å²) >= 11 is 1.97. The van der Waals surface area contributed by atoms with Gasteiger partial charge in [0.05, 0.1) is 0 Å². The van der Waals surface area contributed by atoms with Crippen LogP contribution in [-0.2, 0) is 0 Å². The second-order valence-electron chi connectivity index (χ2n) is 2.84. The second-order valence-corrected chi connectivity index (χ2v) is 3.99. The standard InChI is InChI=1S/C9H21NOS/c1-3-7-12-8-9(5-6-11)10-4-2/h9-11H,3-8H2,1-2H3. The first-order valence-corrected chi connectivity index (χ1v) is 5.92. The SMILES string of the molecule is CCCSCC(CCO)NCC. The fraction of sp³-hybridized carbons (Fsp3) is 1.00. The molecule has 0 fully saturated rings. The Hall–Kier alpha value is 0.270. The number of hydrogen-bond acceptors (Lipinski definition) is 3. The van der Waals surface area contributed by atoms with Crippen LogP contribution in [0.25, 0.3) is 0 Å². The van der Waals surface area contributed by atoms with E-state index < -0.39 is 0 Å². The van der Waals surface area contributed by atoms with Crippen LogP contribution in [0.3, 0.4) is 0 Å². The zero-order valence-electron chi connectivity index (χ0n) is 8.18. The lowest BCUT2D eigenvalue weighted by Crippen LogP contribution is -2.32. The zero-order chi connectivity index (χ0) is 9.23. The molecule has 0 aliphatic rings. The third-order valence-electron chi connectivity index (χ3n) is 1.64. The van der Waals surface area contributed by atoms with Crippen molar-refractivity contribution in [2.24, 2.45) is 0 Å². The van der Waals surface area contributed by atoms with E-state index in [1.54, 1.807) is 0 Å². The van der Waals surface area contributed by atoms with Crippen molar-refractivity contribution < 1.29 is 5.11 Å². The molecule has 0 aliphatic carbocycles. The van der Waals surface area contributed by atoms with Gasteiger partial charge in [0.2, 0.25) is 0 Å². The van der Waals surface area contributed by atoms with Crippen LogP contribution in [-0.4, -0.2) is 35.8 Å². The number of nitrogens with one attached hydrogen (secondary N) is 1. The largest absolute Gasteiger partial charge is 0.396 e. The summed E-state index contributed by atoms with van der Waals surface area (Å²) in [6.07, 6.45) is 2.12. The normalized spacial score (nSPS) is 13.2. The molecular formula is C9H21NOS. The minimum atomic E-state index is 0.296. The van der Waals surface area contributed by atoms with Crippen molar-refractivity contribution in [2.45, 2.75) is 32.7 Å². The Morgan fingerprint density at radius 1 is 1.42 bits per heavy atom. The molecule has 1 unspecified atom stereocenters. The van der Waals surface area contributed by atoms with Crippen LogP contribution in [0, 0.1) is 0 Å². The van der Waals surface area contributed by atoms with Crippen LogP contribution in [0.15, 0.2) is 0 Å². The first-order valence-electron chi connectivity index (χ1n) is 4.77. The topological polar surface area (TPSA) is 32.3 Å². The number of hydrogen-bond donors (Lipinski definition) is 2. The van der Waals surface area contributed by atoms with Gasteiger partial charge in [-0.15, -0.1) is 0 Å². The molecule has 0 amide bonds. The third kappa shape index (κ3) is 6.95. The molecule has 3 heteroatoms. The predicted octanol–water partition coefficient (Wildman–Crippen LogP) is 1.49. The zero-order valence-corrected chi connectivity index (χ0v) is 8.99. The average Bonchev–Trinajstić information content (AvgIpc) is 2.06. The first kappa shape index (κ1) is 12.3. The first-order chi connectivity index (χ1) is 5.85. The summed E-state index contributed by atoms with van der Waals surface area (Å²) in [5.41, 5.74) is 0. The van der Waals surface area contributed by atoms with Crippen molar-refractivity contribution in [1.82, 2.24) is 5.32 Å². The Balaban J connectivity index is 3.34. The van der Waals surface area contributed by atoms with Crippen molar-refractivity contribution >= 4 is 11.8 Å². The van der Waals surface area contributed by atoms with Crippen molar-refractivity contribution in [3.8, 4) is 0 Å². The number of rotatable bonds is 8. The Morgan fingerprint density at radius 3 is 2.67 bits per heavy atom. The Labute approximate surface area is 80.1 Å². The van der Waals surface area contributed by atoms with Crippen LogP contribution in [0.2, 0.25) is 0 Å². The maximum Gasteiger partial charge on any atom is 0.0446 e. The Kier molecular flexibility index (Phi) is 9.57. The van der Waals surface area contributed by atoms with Gasteiger partial charge < -0.3 is 10.4 Å². The van der Waals surface area contributed by atoms with Gasteiger partial charge in [-0.25, -0.2) is 0 Å². The molecule has 2 N–H and O–H groups in total. The van der Waals surface area contributed by atoms with Gasteiger partial charge in [-0.2, -0.15) is 11.8 Å². The van der Waals surface area contributed by atoms with E-state index in [1.807, 2.05) is 11.8 Å². The highest BCUT2D eigenvalue weighted by atomic mass is 32.2. The predicted molar refractivity (Wildman–Crippen MR) is 56.8 cm³/mol. The molecule has 74 valence electrons. The molecule has 0 heterocycles. The van der Waals surface area contributed by atoms with E-state index in [-0.39, 0.29) is 0 Å². The summed E-state index contributed by atoms with van der Waals surface area (Å²) in [5.74, 6) is 2.36. The lowest BCUT2D eigenvalue weighted by atomic mass is 10.2. The van der Waals surface area contributed by atoms with Crippen molar-refractivity contribution in [1.29, 1.82) is 0 Å². The molecule has 0 bridgehead atoms. The molecule has 0 spiro atoms. The number of thioether (sulfide) groups is 1. The van der Waals surface area contributed by atoms with E-state index in [4.69, 9.17) is 5.11 Å². The van der Waals surface area contributed by atoms with E-state index in [0.29, 0.717) is 12.6 Å². The van der Waals surface area contributed by atoms with Crippen LogP contribution in [0.4, 0.5) is 0 Å². The Morgan fingerprint density at radius 2 is 2.17 bits per heavy atom. The van der Waals surface area contributed by atoms with E-state index in [2.05, 4.69) is 19.2 Å². The third-order valence-corrected chi connectivity index (χ3v) is 2.97. The van der Waals surface area contributed by atoms with E-state index in [1.165, 1.54) is 12.2 Å². The molecule has 1 atom stereocenters. The van der Waals surface area contributed by atoms with Crippen LogP contribution >= 0.6 is 11.8 Å². The van der Waals surface area contributed by atoms with Crippen LogP contribution in [0.1, 0.15) is 26.7 Å². The molecule has 0 saturated heterocycles. The summed E-state index contributed by atoms with van der Waals surface area (Å²) in [7, 11) is 0. The molecule has 0 aromatic heterocycles. The molecule has 0 radical (unpaired) electrons. The molecule has 0 aliphatic heterocycles. The lowest BCUT2D eigenvalue weighted by Gasteiger charge is -2.15. The number of aliphatic hydroxyl groups is 1. The highest BCUT2D eigenvalue weighted by molar-refractivity contribution is 7.99. The van der Waals surface area contributed by atoms with Crippen molar-refractivity contribution in [2.75, 3.05) is 24.7 Å². The second kappa shape index (κ2) is 9.36. The summed E-state index contributed by atoms with van der Waals surface area (Å²) in [4.78, 5) is 0. The van der Waals surface area contributed by atoms with Gasteiger partial charge in [0.25, 0.3) is 0 Å². The monoisotopic (exact) mass is 191 g/mol. The van der Waals surface area contributed by atoms with Crippen molar-refractivity contribution in [3.63, 3.8) is 0 Å². The maximum atomic E-state index is 8.77. The highest BCUT2D eigenvalue weighted by Gasteiger charge is 2.04. The summed E-state index contributed by atoms with van der Waals surface area (Å²) in [6.45, 7) is 5.60. The molecule has 0 saturated carbocycles. The van der Waals surface area contributed by atoms with Gasteiger partial charge in [0.15, 0.2) is 0 Å². The van der Waals surface area contributed by atoms with Gasteiger partial charge in [0.1, 0.15) is 0 Å². The number of aliphatic hydroxyl groups excluding tert-OH is 1. The highest BCUT2D eigenvalue weighted by Crippen LogP contribution is 2.06. The summed E-state index contributed by atoms with van der Waals surface area (Å²) in [5, 5.41) is 12.1. The summed E-state index contributed by atoms with van der Waals surface area (Å²) < 4.78 is 0. The average molecular weight is 191 g/mol. The van der Waals surface area contributed by atoms with Gasteiger partial charge in [-0.1, -0.05) is 13.8 Å².